The highest BCUT2D eigenvalue weighted by Crippen LogP contribution is 2.44. The van der Waals surface area contributed by atoms with E-state index in [1.54, 1.807) is 25.1 Å². The van der Waals surface area contributed by atoms with E-state index in [4.69, 9.17) is 9.15 Å². The Kier molecular flexibility index (Phi) is 7.17. The summed E-state index contributed by atoms with van der Waals surface area (Å²) < 4.78 is 11.0. The number of hydrogen-bond donors (Lipinski definition) is 3. The third-order valence-corrected chi connectivity index (χ3v) is 5.79. The van der Waals surface area contributed by atoms with Crippen molar-refractivity contribution in [3.8, 4) is 11.1 Å². The molecular weight excluding hydrogens is 450 g/mol. The minimum Gasteiger partial charge on any atom is -0.480 e. The molecule has 1 aliphatic rings. The summed E-state index contributed by atoms with van der Waals surface area (Å²) in [5, 5.41) is 14.3. The largest absolute Gasteiger partial charge is 0.480 e. The molecule has 0 unspecified atom stereocenters. The Bertz CT molecular complexity index is 1190. The Hall–Kier alpha value is -4.11. The minimum absolute atomic E-state index is 0.0179. The number of alkyl carbamates (subject to hydrolysis) is 1. The van der Waals surface area contributed by atoms with Gasteiger partial charge in [0.2, 0.25) is 0 Å². The SMILES string of the molecule is CN(C)C[C@H](NC(=O)c1ccc(CNC(=O)OCC2c3ccccc3-c3ccccc32)o1)C(=O)O. The number of furan rings is 1. The molecule has 4 rings (SSSR count). The molecule has 3 N–H and O–H groups in total. The quantitative estimate of drug-likeness (QED) is 0.433. The van der Waals surface area contributed by atoms with E-state index in [9.17, 15) is 19.5 Å². The summed E-state index contributed by atoms with van der Waals surface area (Å²) in [6.07, 6.45) is -0.605. The maximum Gasteiger partial charge on any atom is 0.407 e. The predicted molar refractivity (Wildman–Crippen MR) is 128 cm³/mol. The average molecular weight is 478 g/mol. The highest BCUT2D eigenvalue weighted by molar-refractivity contribution is 5.94. The van der Waals surface area contributed by atoms with Crippen molar-refractivity contribution in [2.45, 2.75) is 18.5 Å². The molecule has 0 saturated heterocycles. The lowest BCUT2D eigenvalue weighted by Crippen LogP contribution is -2.46. The Balaban J connectivity index is 1.30. The van der Waals surface area contributed by atoms with Gasteiger partial charge in [-0.15, -0.1) is 0 Å². The minimum atomic E-state index is -1.14. The van der Waals surface area contributed by atoms with Crippen molar-refractivity contribution in [2.24, 2.45) is 0 Å². The molecule has 9 nitrogen and oxygen atoms in total. The number of rotatable bonds is 9. The first kappa shape index (κ1) is 24.0. The van der Waals surface area contributed by atoms with Gasteiger partial charge in [0.15, 0.2) is 5.76 Å². The normalized spacial score (nSPS) is 13.1. The van der Waals surface area contributed by atoms with E-state index in [1.165, 1.54) is 6.07 Å². The van der Waals surface area contributed by atoms with Gasteiger partial charge in [-0.05, 0) is 48.5 Å². The van der Waals surface area contributed by atoms with Crippen LogP contribution in [0.25, 0.3) is 11.1 Å². The monoisotopic (exact) mass is 477 g/mol. The third kappa shape index (κ3) is 5.52. The van der Waals surface area contributed by atoms with Crippen LogP contribution < -0.4 is 10.6 Å². The molecule has 1 heterocycles. The van der Waals surface area contributed by atoms with E-state index in [-0.39, 0.29) is 31.4 Å². The molecule has 1 aliphatic carbocycles. The first-order valence-corrected chi connectivity index (χ1v) is 11.2. The summed E-state index contributed by atoms with van der Waals surface area (Å²) >= 11 is 0. The lowest BCUT2D eigenvalue weighted by molar-refractivity contribution is -0.139. The van der Waals surface area contributed by atoms with Gasteiger partial charge in [-0.2, -0.15) is 0 Å². The van der Waals surface area contributed by atoms with Crippen molar-refractivity contribution in [3.63, 3.8) is 0 Å². The van der Waals surface area contributed by atoms with E-state index in [0.717, 1.165) is 22.3 Å². The summed E-state index contributed by atoms with van der Waals surface area (Å²) in [7, 11) is 3.42. The number of carboxylic acid groups (broad SMARTS) is 1. The summed E-state index contributed by atoms with van der Waals surface area (Å²) in [5.74, 6) is -1.54. The van der Waals surface area contributed by atoms with E-state index < -0.39 is 24.0 Å². The van der Waals surface area contributed by atoms with Crippen LogP contribution in [0, 0.1) is 0 Å². The Morgan fingerprint density at radius 2 is 1.63 bits per heavy atom. The van der Waals surface area contributed by atoms with E-state index in [0.29, 0.717) is 5.76 Å². The Morgan fingerprint density at radius 1 is 1.00 bits per heavy atom. The highest BCUT2D eigenvalue weighted by atomic mass is 16.5. The zero-order chi connectivity index (χ0) is 24.9. The molecule has 2 amide bonds. The van der Waals surface area contributed by atoms with E-state index in [1.807, 2.05) is 36.4 Å². The van der Waals surface area contributed by atoms with Crippen LogP contribution in [0.2, 0.25) is 0 Å². The van der Waals surface area contributed by atoms with Gasteiger partial charge in [-0.25, -0.2) is 9.59 Å². The van der Waals surface area contributed by atoms with Crippen LogP contribution in [0.15, 0.2) is 65.1 Å². The fourth-order valence-corrected chi connectivity index (χ4v) is 4.18. The van der Waals surface area contributed by atoms with E-state index >= 15 is 0 Å². The maximum atomic E-state index is 12.3. The number of aliphatic carboxylic acids is 1. The molecular formula is C26H27N3O6. The second-order valence-electron chi connectivity index (χ2n) is 8.57. The van der Waals surface area contributed by atoms with Crippen molar-refractivity contribution >= 4 is 18.0 Å². The van der Waals surface area contributed by atoms with Crippen LogP contribution in [-0.4, -0.2) is 61.3 Å². The standard InChI is InChI=1S/C26H27N3O6/c1-29(2)14-22(25(31)32)28-24(30)23-12-11-16(35-23)13-27-26(33)34-15-21-19-9-5-3-7-17(19)18-8-4-6-10-20(18)21/h3-12,21-22H,13-15H2,1-2H3,(H,27,33)(H,28,30)(H,31,32)/t22-/m0/s1. The zero-order valence-electron chi connectivity index (χ0n) is 19.5. The van der Waals surface area contributed by atoms with Crippen LogP contribution in [0.4, 0.5) is 4.79 Å². The number of ether oxygens (including phenoxy) is 1. The van der Waals surface area contributed by atoms with Crippen LogP contribution >= 0.6 is 0 Å². The number of carbonyl (C=O) groups excluding carboxylic acids is 2. The first-order valence-electron chi connectivity index (χ1n) is 11.2. The number of carboxylic acids is 1. The summed E-state index contributed by atoms with van der Waals surface area (Å²) in [5.41, 5.74) is 4.54. The number of hydrogen-bond acceptors (Lipinski definition) is 6. The van der Waals surface area contributed by atoms with Crippen molar-refractivity contribution in [1.82, 2.24) is 15.5 Å². The van der Waals surface area contributed by atoms with Crippen LogP contribution in [0.5, 0.6) is 0 Å². The van der Waals surface area contributed by atoms with Gasteiger partial charge in [0.05, 0.1) is 6.54 Å². The molecule has 0 bridgehead atoms. The van der Waals surface area contributed by atoms with Gasteiger partial charge in [0.25, 0.3) is 5.91 Å². The molecule has 0 aliphatic heterocycles. The summed E-state index contributed by atoms with van der Waals surface area (Å²) in [4.78, 5) is 37.7. The molecule has 2 aromatic carbocycles. The molecule has 182 valence electrons. The molecule has 0 fully saturated rings. The third-order valence-electron chi connectivity index (χ3n) is 5.79. The maximum absolute atomic E-state index is 12.3. The van der Waals surface area contributed by atoms with Crippen molar-refractivity contribution in [3.05, 3.63) is 83.3 Å². The van der Waals surface area contributed by atoms with Crippen molar-refractivity contribution in [2.75, 3.05) is 27.2 Å². The summed E-state index contributed by atoms with van der Waals surface area (Å²) in [6, 6.07) is 18.1. The topological polar surface area (TPSA) is 121 Å². The molecule has 35 heavy (non-hydrogen) atoms. The number of nitrogens with one attached hydrogen (secondary N) is 2. The lowest BCUT2D eigenvalue weighted by atomic mass is 9.98. The number of carbonyl (C=O) groups is 3. The number of fused-ring (bicyclic) bond motifs is 3. The Labute approximate surface area is 202 Å². The van der Waals surface area contributed by atoms with Crippen molar-refractivity contribution in [1.29, 1.82) is 0 Å². The fourth-order valence-electron chi connectivity index (χ4n) is 4.18. The first-order chi connectivity index (χ1) is 16.8. The van der Waals surface area contributed by atoms with Crippen LogP contribution in [0.1, 0.15) is 33.4 Å². The summed E-state index contributed by atoms with van der Waals surface area (Å²) in [6.45, 7) is 0.343. The van der Waals surface area contributed by atoms with Crippen molar-refractivity contribution < 1.29 is 28.6 Å². The lowest BCUT2D eigenvalue weighted by Gasteiger charge is -2.17. The second kappa shape index (κ2) is 10.4. The average Bonchev–Trinajstić information content (AvgIpc) is 3.44. The Morgan fingerprint density at radius 3 is 2.23 bits per heavy atom. The van der Waals surface area contributed by atoms with Gasteiger partial charge in [-0.3, -0.25) is 4.79 Å². The van der Waals surface area contributed by atoms with Gasteiger partial charge in [-0.1, -0.05) is 48.5 Å². The van der Waals surface area contributed by atoms with Gasteiger partial charge < -0.3 is 29.8 Å². The highest BCUT2D eigenvalue weighted by Gasteiger charge is 2.29. The number of likely N-dealkylation sites (N-methyl/N-ethyl adjacent to an activating group) is 1. The molecule has 3 aromatic rings. The van der Waals surface area contributed by atoms with Gasteiger partial charge >= 0.3 is 12.1 Å². The molecule has 0 saturated carbocycles. The van der Waals surface area contributed by atoms with Gasteiger partial charge in [0.1, 0.15) is 18.4 Å². The molecule has 1 aromatic heterocycles. The number of amides is 2. The van der Waals surface area contributed by atoms with Crippen LogP contribution in [-0.2, 0) is 16.1 Å². The predicted octanol–water partition coefficient (Wildman–Crippen LogP) is 3.06. The number of nitrogens with zero attached hydrogens (tertiary/aromatic N) is 1. The number of benzene rings is 2. The van der Waals surface area contributed by atoms with Crippen LogP contribution in [0.3, 0.4) is 0 Å². The molecule has 1 atom stereocenters. The second-order valence-corrected chi connectivity index (χ2v) is 8.57. The van der Waals surface area contributed by atoms with E-state index in [2.05, 4.69) is 22.8 Å². The zero-order valence-corrected chi connectivity index (χ0v) is 19.5. The smallest absolute Gasteiger partial charge is 0.407 e. The molecule has 0 spiro atoms. The van der Waals surface area contributed by atoms with Gasteiger partial charge in [0, 0.05) is 12.5 Å². The fraction of sp³-hybridized carbons (Fsp3) is 0.269. The molecule has 0 radical (unpaired) electrons. The molecule has 9 heteroatoms.